The van der Waals surface area contributed by atoms with Gasteiger partial charge in [0.15, 0.2) is 0 Å². The quantitative estimate of drug-likeness (QED) is 0.782. The summed E-state index contributed by atoms with van der Waals surface area (Å²) in [4.78, 5) is 4.35. The van der Waals surface area contributed by atoms with Crippen LogP contribution in [-0.4, -0.2) is 21.6 Å². The molecule has 1 N–H and O–H groups in total. The second kappa shape index (κ2) is 4.26. The van der Waals surface area contributed by atoms with E-state index in [9.17, 15) is 0 Å². The highest BCUT2D eigenvalue weighted by Crippen LogP contribution is 2.34. The number of aromatic nitrogens is 3. The maximum absolute atomic E-state index is 5.28. The molecule has 3 rings (SSSR count). The lowest BCUT2D eigenvalue weighted by molar-refractivity contribution is 0.432. The van der Waals surface area contributed by atoms with Crippen LogP contribution in [0.3, 0.4) is 0 Å². The Morgan fingerprint density at radius 3 is 3.00 bits per heavy atom. The van der Waals surface area contributed by atoms with Crippen molar-refractivity contribution in [3.63, 3.8) is 0 Å². The maximum Gasteiger partial charge on any atom is 0.263 e. The molecule has 0 bridgehead atoms. The highest BCUT2D eigenvalue weighted by molar-refractivity contribution is 7.10. The van der Waals surface area contributed by atoms with Crippen LogP contribution in [0.2, 0.25) is 0 Å². The number of anilines is 1. The number of nitrogens with one attached hydrogen (secondary N) is 1. The predicted octanol–water partition coefficient (Wildman–Crippen LogP) is 2.80. The molecular formula is C11H10N4O2S. The van der Waals surface area contributed by atoms with Gasteiger partial charge in [-0.05, 0) is 24.5 Å². The molecule has 0 unspecified atom stereocenters. The highest BCUT2D eigenvalue weighted by atomic mass is 32.1. The van der Waals surface area contributed by atoms with E-state index in [1.807, 2.05) is 14.0 Å². The summed E-state index contributed by atoms with van der Waals surface area (Å²) in [7, 11) is 1.84. The van der Waals surface area contributed by atoms with E-state index in [0.717, 1.165) is 21.8 Å². The van der Waals surface area contributed by atoms with Gasteiger partial charge in [-0.1, -0.05) is 5.16 Å². The summed E-state index contributed by atoms with van der Waals surface area (Å²) in [6.45, 7) is 1.91. The molecule has 0 aliphatic heterocycles. The minimum absolute atomic E-state index is 0.460. The lowest BCUT2D eigenvalue weighted by atomic mass is 10.2. The Morgan fingerprint density at radius 2 is 2.28 bits per heavy atom. The van der Waals surface area contributed by atoms with Gasteiger partial charge in [0.2, 0.25) is 5.82 Å². The normalized spacial score (nSPS) is 10.8. The molecule has 3 aromatic heterocycles. The molecule has 0 fully saturated rings. The monoisotopic (exact) mass is 262 g/mol. The predicted molar refractivity (Wildman–Crippen MR) is 67.4 cm³/mol. The summed E-state index contributed by atoms with van der Waals surface area (Å²) in [6.07, 6.45) is 3.15. The van der Waals surface area contributed by atoms with Gasteiger partial charge in [0, 0.05) is 7.05 Å². The fourth-order valence-electron chi connectivity index (χ4n) is 1.63. The Labute approximate surface area is 107 Å². The van der Waals surface area contributed by atoms with Crippen molar-refractivity contribution in [3.8, 4) is 22.8 Å². The average Bonchev–Trinajstić information content (AvgIpc) is 3.07. The summed E-state index contributed by atoms with van der Waals surface area (Å²) in [5, 5.41) is 7.91. The van der Waals surface area contributed by atoms with Gasteiger partial charge in [-0.3, -0.25) is 0 Å². The molecule has 0 spiro atoms. The Bertz CT molecular complexity index is 656. The number of hydrogen-bond acceptors (Lipinski definition) is 7. The van der Waals surface area contributed by atoms with Crippen molar-refractivity contribution in [3.05, 3.63) is 24.3 Å². The first kappa shape index (κ1) is 11.0. The topological polar surface area (TPSA) is 77.0 Å². The minimum atomic E-state index is 0.460. The zero-order valence-electron chi connectivity index (χ0n) is 9.80. The number of nitrogens with zero attached hydrogens (tertiary/aromatic N) is 3. The molecule has 92 valence electrons. The molecule has 0 aromatic carbocycles. The van der Waals surface area contributed by atoms with Crippen LogP contribution in [-0.2, 0) is 0 Å². The van der Waals surface area contributed by atoms with Gasteiger partial charge >= 0.3 is 0 Å². The smallest absolute Gasteiger partial charge is 0.263 e. The standard InChI is InChI=1S/C11H10N4O2S/c1-6-8(11(12-2)18-15-6)10-13-9(14-17-10)7-3-4-16-5-7/h3-5,12H,1-2H3. The third-order valence-corrected chi connectivity index (χ3v) is 3.47. The summed E-state index contributed by atoms with van der Waals surface area (Å²) < 4.78 is 14.5. The highest BCUT2D eigenvalue weighted by Gasteiger charge is 2.19. The second-order valence-corrected chi connectivity index (χ2v) is 4.43. The van der Waals surface area contributed by atoms with Gasteiger partial charge in [-0.2, -0.15) is 9.36 Å². The van der Waals surface area contributed by atoms with Crippen LogP contribution in [0, 0.1) is 6.92 Å². The lowest BCUT2D eigenvalue weighted by Crippen LogP contribution is -1.88. The van der Waals surface area contributed by atoms with E-state index in [1.54, 1.807) is 18.6 Å². The maximum atomic E-state index is 5.28. The minimum Gasteiger partial charge on any atom is -0.472 e. The van der Waals surface area contributed by atoms with Crippen LogP contribution < -0.4 is 5.32 Å². The fraction of sp³-hybridized carbons (Fsp3) is 0.182. The van der Waals surface area contributed by atoms with E-state index in [-0.39, 0.29) is 0 Å². The van der Waals surface area contributed by atoms with Crippen molar-refractivity contribution in [2.45, 2.75) is 6.92 Å². The first-order valence-corrected chi connectivity index (χ1v) is 6.07. The molecule has 0 aliphatic carbocycles. The average molecular weight is 262 g/mol. The molecule has 3 heterocycles. The van der Waals surface area contributed by atoms with Gasteiger partial charge in [-0.15, -0.1) is 0 Å². The Balaban J connectivity index is 2.05. The Morgan fingerprint density at radius 1 is 1.39 bits per heavy atom. The van der Waals surface area contributed by atoms with Gasteiger partial charge in [-0.25, -0.2) is 0 Å². The van der Waals surface area contributed by atoms with Crippen molar-refractivity contribution in [2.24, 2.45) is 0 Å². The second-order valence-electron chi connectivity index (χ2n) is 3.66. The van der Waals surface area contributed by atoms with Crippen molar-refractivity contribution in [1.29, 1.82) is 0 Å². The van der Waals surface area contributed by atoms with Crippen LogP contribution in [0.4, 0.5) is 5.00 Å². The van der Waals surface area contributed by atoms with Gasteiger partial charge in [0.25, 0.3) is 5.89 Å². The fourth-order valence-corrected chi connectivity index (χ4v) is 2.36. The number of aryl methyl sites for hydroxylation is 1. The van der Waals surface area contributed by atoms with Crippen molar-refractivity contribution in [1.82, 2.24) is 14.5 Å². The zero-order valence-corrected chi connectivity index (χ0v) is 10.6. The number of rotatable bonds is 3. The van der Waals surface area contributed by atoms with Crippen molar-refractivity contribution >= 4 is 16.5 Å². The van der Waals surface area contributed by atoms with Crippen LogP contribution >= 0.6 is 11.5 Å². The molecular weight excluding hydrogens is 252 g/mol. The van der Waals surface area contributed by atoms with Gasteiger partial charge in [0.1, 0.15) is 11.3 Å². The van der Waals surface area contributed by atoms with E-state index in [0.29, 0.717) is 11.7 Å². The lowest BCUT2D eigenvalue weighted by Gasteiger charge is -1.96. The Kier molecular flexibility index (Phi) is 2.60. The first-order chi connectivity index (χ1) is 8.79. The van der Waals surface area contributed by atoms with Gasteiger partial charge < -0.3 is 14.3 Å². The third kappa shape index (κ3) is 1.68. The SMILES string of the molecule is CNc1snc(C)c1-c1nc(-c2ccoc2)no1. The molecule has 0 radical (unpaired) electrons. The van der Waals surface area contributed by atoms with E-state index >= 15 is 0 Å². The van der Waals surface area contributed by atoms with E-state index in [4.69, 9.17) is 8.94 Å². The van der Waals surface area contributed by atoms with Crippen molar-refractivity contribution < 1.29 is 8.94 Å². The third-order valence-electron chi connectivity index (χ3n) is 2.51. The van der Waals surface area contributed by atoms with E-state index in [1.165, 1.54) is 11.5 Å². The molecule has 0 saturated heterocycles. The summed E-state index contributed by atoms with van der Waals surface area (Å²) in [5.41, 5.74) is 2.51. The van der Waals surface area contributed by atoms with Crippen LogP contribution in [0.1, 0.15) is 5.69 Å². The molecule has 7 heteroatoms. The molecule has 0 amide bonds. The van der Waals surface area contributed by atoms with Crippen LogP contribution in [0.25, 0.3) is 22.8 Å². The van der Waals surface area contributed by atoms with E-state index < -0.39 is 0 Å². The first-order valence-electron chi connectivity index (χ1n) is 5.30. The molecule has 6 nitrogen and oxygen atoms in total. The molecule has 0 aliphatic rings. The van der Waals surface area contributed by atoms with Crippen molar-refractivity contribution in [2.75, 3.05) is 12.4 Å². The molecule has 0 saturated carbocycles. The molecule has 0 atom stereocenters. The molecule has 18 heavy (non-hydrogen) atoms. The van der Waals surface area contributed by atoms with Gasteiger partial charge in [0.05, 0.1) is 23.1 Å². The van der Waals surface area contributed by atoms with Crippen LogP contribution in [0.15, 0.2) is 27.5 Å². The number of hydrogen-bond donors (Lipinski definition) is 1. The summed E-state index contributed by atoms with van der Waals surface area (Å²) in [6, 6.07) is 1.78. The summed E-state index contributed by atoms with van der Waals surface area (Å²) in [5.74, 6) is 0.966. The summed E-state index contributed by atoms with van der Waals surface area (Å²) >= 11 is 1.37. The van der Waals surface area contributed by atoms with Crippen LogP contribution in [0.5, 0.6) is 0 Å². The Hall–Kier alpha value is -2.15. The molecule has 3 aromatic rings. The number of furan rings is 1. The zero-order chi connectivity index (χ0) is 12.5. The largest absolute Gasteiger partial charge is 0.472 e. The van der Waals surface area contributed by atoms with E-state index in [2.05, 4.69) is 19.8 Å².